The normalized spacial score (nSPS) is 26.1. The van der Waals surface area contributed by atoms with Crippen LogP contribution in [0.4, 0.5) is 0 Å². The second-order valence-corrected chi connectivity index (χ2v) is 7.75. The van der Waals surface area contributed by atoms with Crippen molar-refractivity contribution in [1.82, 2.24) is 10.2 Å². The van der Waals surface area contributed by atoms with Crippen LogP contribution in [0.15, 0.2) is 0 Å². The largest absolute Gasteiger partial charge is 0.384 e. The molecule has 1 aliphatic heterocycles. The Morgan fingerprint density at radius 1 is 1.14 bits per heavy atom. The Labute approximate surface area is 135 Å². The van der Waals surface area contributed by atoms with Crippen LogP contribution in [-0.4, -0.2) is 50.2 Å². The summed E-state index contributed by atoms with van der Waals surface area (Å²) < 4.78 is 5.47. The van der Waals surface area contributed by atoms with E-state index in [0.717, 1.165) is 51.9 Å². The molecule has 0 unspecified atom stereocenters. The number of hydrogen-bond donors (Lipinski definition) is 1. The molecule has 0 aromatic rings. The summed E-state index contributed by atoms with van der Waals surface area (Å²) in [5.41, 5.74) is 0.369. The lowest BCUT2D eigenvalue weighted by Crippen LogP contribution is -2.49. The summed E-state index contributed by atoms with van der Waals surface area (Å²) in [6.45, 7) is 3.87. The van der Waals surface area contributed by atoms with E-state index in [2.05, 4.69) is 10.2 Å². The molecule has 3 fully saturated rings. The summed E-state index contributed by atoms with van der Waals surface area (Å²) in [5, 5.41) is 3.79. The molecule has 0 radical (unpaired) electrons. The maximum atomic E-state index is 12.3. The number of ether oxygens (including phenoxy) is 1. The van der Waals surface area contributed by atoms with Crippen molar-refractivity contribution in [3.63, 3.8) is 0 Å². The zero-order valence-electron chi connectivity index (χ0n) is 14.1. The van der Waals surface area contributed by atoms with Gasteiger partial charge in [-0.25, -0.2) is 0 Å². The number of rotatable bonds is 6. The number of nitrogens with one attached hydrogen (secondary N) is 1. The zero-order valence-corrected chi connectivity index (χ0v) is 14.1. The van der Waals surface area contributed by atoms with E-state index >= 15 is 0 Å². The highest BCUT2D eigenvalue weighted by molar-refractivity contribution is 5.79. The summed E-state index contributed by atoms with van der Waals surface area (Å²) in [7, 11) is 1.82. The van der Waals surface area contributed by atoms with Crippen LogP contribution >= 0.6 is 0 Å². The van der Waals surface area contributed by atoms with E-state index in [1.165, 1.54) is 32.1 Å². The lowest BCUT2D eigenvalue weighted by atomic mass is 9.83. The molecule has 1 heterocycles. The van der Waals surface area contributed by atoms with E-state index in [1.807, 2.05) is 7.11 Å². The minimum absolute atomic E-state index is 0.355. The number of nitrogens with zero attached hydrogens (tertiary/aromatic N) is 1. The highest BCUT2D eigenvalue weighted by Crippen LogP contribution is 2.38. The van der Waals surface area contributed by atoms with Gasteiger partial charge in [-0.05, 0) is 38.5 Å². The van der Waals surface area contributed by atoms with Gasteiger partial charge in [0, 0.05) is 44.1 Å². The van der Waals surface area contributed by atoms with Crippen molar-refractivity contribution in [2.75, 3.05) is 33.4 Å². The molecule has 1 saturated heterocycles. The van der Waals surface area contributed by atoms with Crippen LogP contribution in [0.25, 0.3) is 0 Å². The third kappa shape index (κ3) is 3.65. The van der Waals surface area contributed by atoms with Crippen LogP contribution in [-0.2, 0) is 9.53 Å². The minimum Gasteiger partial charge on any atom is -0.384 e. The Balaban J connectivity index is 1.40. The highest BCUT2D eigenvalue weighted by Gasteiger charge is 2.35. The molecule has 1 amide bonds. The molecule has 2 saturated carbocycles. The van der Waals surface area contributed by atoms with E-state index in [0.29, 0.717) is 23.3 Å². The topological polar surface area (TPSA) is 41.6 Å². The van der Waals surface area contributed by atoms with E-state index < -0.39 is 0 Å². The second-order valence-electron chi connectivity index (χ2n) is 7.75. The third-order valence-electron chi connectivity index (χ3n) is 6.14. The molecule has 1 N–H and O–H groups in total. The molecule has 3 aliphatic rings. The lowest BCUT2D eigenvalue weighted by Gasteiger charge is -2.38. The van der Waals surface area contributed by atoms with Crippen LogP contribution < -0.4 is 5.32 Å². The summed E-state index contributed by atoms with van der Waals surface area (Å²) >= 11 is 0. The van der Waals surface area contributed by atoms with Crippen molar-refractivity contribution in [3.8, 4) is 0 Å². The molecule has 3 rings (SSSR count). The van der Waals surface area contributed by atoms with Crippen LogP contribution in [0.2, 0.25) is 0 Å². The molecule has 4 nitrogen and oxygen atoms in total. The molecule has 0 spiro atoms. The molecular formula is C18H32N2O2. The maximum Gasteiger partial charge on any atom is 0.225 e. The first kappa shape index (κ1) is 16.3. The standard InChI is InChI=1S/C18H32N2O2/c1-22-14-18(9-2-3-10-18)13-19-16-7-11-20(12-8-16)17(21)15-5-4-6-15/h15-16,19H,2-14H2,1H3. The van der Waals surface area contributed by atoms with E-state index in [9.17, 15) is 4.79 Å². The summed E-state index contributed by atoms with van der Waals surface area (Å²) in [4.78, 5) is 14.4. The highest BCUT2D eigenvalue weighted by atomic mass is 16.5. The fourth-order valence-corrected chi connectivity index (χ4v) is 4.38. The van der Waals surface area contributed by atoms with Crippen molar-refractivity contribution in [3.05, 3.63) is 0 Å². The summed E-state index contributed by atoms with van der Waals surface area (Å²) in [6.07, 6.45) is 11.0. The molecular weight excluding hydrogens is 276 g/mol. The fourth-order valence-electron chi connectivity index (χ4n) is 4.38. The van der Waals surface area contributed by atoms with Crippen LogP contribution in [0, 0.1) is 11.3 Å². The number of piperidine rings is 1. The number of carbonyl (C=O) groups is 1. The number of carbonyl (C=O) groups excluding carboxylic acids is 1. The molecule has 0 atom stereocenters. The molecule has 22 heavy (non-hydrogen) atoms. The van der Waals surface area contributed by atoms with Gasteiger partial charge < -0.3 is 15.0 Å². The molecule has 4 heteroatoms. The number of amides is 1. The number of methoxy groups -OCH3 is 1. The number of hydrogen-bond acceptors (Lipinski definition) is 3. The van der Waals surface area contributed by atoms with Gasteiger partial charge in [0.05, 0.1) is 6.61 Å². The van der Waals surface area contributed by atoms with Gasteiger partial charge in [0.1, 0.15) is 0 Å². The van der Waals surface area contributed by atoms with Crippen LogP contribution in [0.5, 0.6) is 0 Å². The molecule has 0 aromatic carbocycles. The molecule has 2 aliphatic carbocycles. The summed E-state index contributed by atoms with van der Waals surface area (Å²) in [6, 6.07) is 0.583. The fraction of sp³-hybridized carbons (Fsp3) is 0.944. The van der Waals surface area contributed by atoms with E-state index in [4.69, 9.17) is 4.74 Å². The number of likely N-dealkylation sites (tertiary alicyclic amines) is 1. The Morgan fingerprint density at radius 3 is 2.36 bits per heavy atom. The van der Waals surface area contributed by atoms with Gasteiger partial charge in [0.15, 0.2) is 0 Å². The first-order valence-electron chi connectivity index (χ1n) is 9.24. The van der Waals surface area contributed by atoms with Gasteiger partial charge in [-0.2, -0.15) is 0 Å². The first-order chi connectivity index (χ1) is 10.7. The zero-order chi connectivity index (χ0) is 15.4. The van der Waals surface area contributed by atoms with Crippen molar-refractivity contribution in [1.29, 1.82) is 0 Å². The van der Waals surface area contributed by atoms with Gasteiger partial charge in [-0.1, -0.05) is 19.3 Å². The predicted molar refractivity (Wildman–Crippen MR) is 87.7 cm³/mol. The second kappa shape index (κ2) is 7.31. The van der Waals surface area contributed by atoms with Gasteiger partial charge in [0.25, 0.3) is 0 Å². The van der Waals surface area contributed by atoms with Gasteiger partial charge in [-0.3, -0.25) is 4.79 Å². The minimum atomic E-state index is 0.355. The Bertz CT molecular complexity index is 367. The Kier molecular flexibility index (Phi) is 5.40. The predicted octanol–water partition coefficient (Wildman–Crippen LogP) is 2.57. The van der Waals surface area contributed by atoms with Crippen molar-refractivity contribution >= 4 is 5.91 Å². The molecule has 0 bridgehead atoms. The van der Waals surface area contributed by atoms with Gasteiger partial charge in [0.2, 0.25) is 5.91 Å². The van der Waals surface area contributed by atoms with Crippen molar-refractivity contribution in [2.24, 2.45) is 11.3 Å². The molecule has 0 aromatic heterocycles. The average Bonchev–Trinajstić information content (AvgIpc) is 2.93. The third-order valence-corrected chi connectivity index (χ3v) is 6.14. The summed E-state index contributed by atoms with van der Waals surface area (Å²) in [5.74, 6) is 0.782. The Morgan fingerprint density at radius 2 is 1.82 bits per heavy atom. The SMILES string of the molecule is COCC1(CNC2CCN(C(=O)C3CCC3)CC2)CCCC1. The van der Waals surface area contributed by atoms with Gasteiger partial charge >= 0.3 is 0 Å². The van der Waals surface area contributed by atoms with Crippen LogP contribution in [0.1, 0.15) is 57.8 Å². The van der Waals surface area contributed by atoms with E-state index in [1.54, 1.807) is 0 Å². The van der Waals surface area contributed by atoms with E-state index in [-0.39, 0.29) is 0 Å². The monoisotopic (exact) mass is 308 g/mol. The quantitative estimate of drug-likeness (QED) is 0.820. The van der Waals surface area contributed by atoms with Crippen LogP contribution in [0.3, 0.4) is 0 Å². The first-order valence-corrected chi connectivity index (χ1v) is 9.24. The van der Waals surface area contributed by atoms with Crippen molar-refractivity contribution < 1.29 is 9.53 Å². The maximum absolute atomic E-state index is 12.3. The van der Waals surface area contributed by atoms with Gasteiger partial charge in [-0.15, -0.1) is 0 Å². The average molecular weight is 308 g/mol. The Hall–Kier alpha value is -0.610. The smallest absolute Gasteiger partial charge is 0.225 e. The lowest BCUT2D eigenvalue weighted by molar-refractivity contribution is -0.139. The van der Waals surface area contributed by atoms with Crippen molar-refractivity contribution in [2.45, 2.75) is 63.8 Å². The molecule has 126 valence electrons.